The standard InChI is InChI=1S/C16H22N2OS/c1-18(16(19)10-13-11-20-9-8-17-13)15-7-6-12-4-2-3-5-14(12)15/h2-5,13,15,17H,6-11H2,1H3. The first-order valence-electron chi connectivity index (χ1n) is 7.40. The normalized spacial score (nSPS) is 25.2. The van der Waals surface area contributed by atoms with Crippen molar-refractivity contribution in [3.63, 3.8) is 0 Å². The highest BCUT2D eigenvalue weighted by Crippen LogP contribution is 2.35. The average molecular weight is 290 g/mol. The third-order valence-corrected chi connectivity index (χ3v) is 5.51. The van der Waals surface area contributed by atoms with Gasteiger partial charge in [0.25, 0.3) is 0 Å². The van der Waals surface area contributed by atoms with Crippen molar-refractivity contribution in [2.75, 3.05) is 25.1 Å². The summed E-state index contributed by atoms with van der Waals surface area (Å²) < 4.78 is 0. The zero-order valence-electron chi connectivity index (χ0n) is 12.0. The van der Waals surface area contributed by atoms with Crippen molar-refractivity contribution in [3.05, 3.63) is 35.4 Å². The Hall–Kier alpha value is -1.00. The fourth-order valence-electron chi connectivity index (χ4n) is 3.22. The van der Waals surface area contributed by atoms with E-state index in [-0.39, 0.29) is 11.9 Å². The van der Waals surface area contributed by atoms with Crippen LogP contribution in [0.2, 0.25) is 0 Å². The Kier molecular flexibility index (Phi) is 4.32. The van der Waals surface area contributed by atoms with E-state index in [1.807, 2.05) is 23.7 Å². The number of fused-ring (bicyclic) bond motifs is 1. The lowest BCUT2D eigenvalue weighted by Gasteiger charge is -2.29. The zero-order valence-corrected chi connectivity index (χ0v) is 12.8. The van der Waals surface area contributed by atoms with Crippen molar-refractivity contribution in [1.29, 1.82) is 0 Å². The summed E-state index contributed by atoms with van der Waals surface area (Å²) in [6.07, 6.45) is 2.78. The molecule has 20 heavy (non-hydrogen) atoms. The Bertz CT molecular complexity index is 485. The SMILES string of the molecule is CN(C(=O)CC1CSCCN1)C1CCc2ccccc21. The van der Waals surface area contributed by atoms with Crippen LogP contribution in [-0.2, 0) is 11.2 Å². The Balaban J connectivity index is 1.64. The number of benzene rings is 1. The average Bonchev–Trinajstić information content (AvgIpc) is 2.91. The van der Waals surface area contributed by atoms with Gasteiger partial charge >= 0.3 is 0 Å². The quantitative estimate of drug-likeness (QED) is 0.926. The third-order valence-electron chi connectivity index (χ3n) is 4.38. The van der Waals surface area contributed by atoms with Crippen molar-refractivity contribution in [2.45, 2.75) is 31.3 Å². The molecule has 0 aromatic heterocycles. The van der Waals surface area contributed by atoms with E-state index in [1.54, 1.807) is 0 Å². The number of aryl methyl sites for hydroxylation is 1. The topological polar surface area (TPSA) is 32.3 Å². The second kappa shape index (κ2) is 6.19. The first-order chi connectivity index (χ1) is 9.75. The number of hydrogen-bond donors (Lipinski definition) is 1. The molecular formula is C16H22N2OS. The van der Waals surface area contributed by atoms with Crippen molar-refractivity contribution in [1.82, 2.24) is 10.2 Å². The minimum Gasteiger partial charge on any atom is -0.339 e. The minimum absolute atomic E-state index is 0.270. The summed E-state index contributed by atoms with van der Waals surface area (Å²) in [6.45, 7) is 1.03. The maximum absolute atomic E-state index is 12.5. The van der Waals surface area contributed by atoms with E-state index in [1.165, 1.54) is 11.1 Å². The first kappa shape index (κ1) is 14.0. The van der Waals surface area contributed by atoms with Gasteiger partial charge in [0.1, 0.15) is 0 Å². The molecule has 1 aromatic carbocycles. The number of thioether (sulfide) groups is 1. The van der Waals surface area contributed by atoms with Crippen LogP contribution in [0, 0.1) is 0 Å². The number of rotatable bonds is 3. The molecule has 108 valence electrons. The molecule has 1 aliphatic carbocycles. The molecular weight excluding hydrogens is 268 g/mol. The molecule has 1 amide bonds. The van der Waals surface area contributed by atoms with Crippen molar-refractivity contribution in [2.24, 2.45) is 0 Å². The van der Waals surface area contributed by atoms with Crippen molar-refractivity contribution in [3.8, 4) is 0 Å². The van der Waals surface area contributed by atoms with Crippen molar-refractivity contribution < 1.29 is 4.79 Å². The van der Waals surface area contributed by atoms with E-state index in [0.29, 0.717) is 12.5 Å². The van der Waals surface area contributed by atoms with Crippen molar-refractivity contribution >= 4 is 17.7 Å². The molecule has 1 aromatic rings. The molecule has 1 heterocycles. The fraction of sp³-hybridized carbons (Fsp3) is 0.562. The summed E-state index contributed by atoms with van der Waals surface area (Å²) in [6, 6.07) is 9.15. The molecule has 4 heteroatoms. The second-order valence-corrected chi connectivity index (χ2v) is 6.84. The minimum atomic E-state index is 0.270. The molecule has 0 radical (unpaired) electrons. The molecule has 3 nitrogen and oxygen atoms in total. The fourth-order valence-corrected chi connectivity index (χ4v) is 4.17. The third kappa shape index (κ3) is 2.86. The van der Waals surface area contributed by atoms with Crippen LogP contribution < -0.4 is 5.32 Å². The number of carbonyl (C=O) groups excluding carboxylic acids is 1. The van der Waals surface area contributed by atoms with Gasteiger partial charge in [0.05, 0.1) is 6.04 Å². The lowest BCUT2D eigenvalue weighted by molar-refractivity contribution is -0.132. The predicted octanol–water partition coefficient (Wildman–Crippen LogP) is 2.23. The summed E-state index contributed by atoms with van der Waals surface area (Å²) in [4.78, 5) is 14.4. The number of amides is 1. The van der Waals surface area contributed by atoms with E-state index < -0.39 is 0 Å². The van der Waals surface area contributed by atoms with Gasteiger partial charge in [-0.05, 0) is 24.0 Å². The smallest absolute Gasteiger partial charge is 0.224 e. The van der Waals surface area contributed by atoms with Gasteiger partial charge in [0.2, 0.25) is 5.91 Å². The van der Waals surface area contributed by atoms with Gasteiger partial charge < -0.3 is 10.2 Å². The highest BCUT2D eigenvalue weighted by molar-refractivity contribution is 7.99. The maximum atomic E-state index is 12.5. The molecule has 1 saturated heterocycles. The summed E-state index contributed by atoms with van der Waals surface area (Å²) in [7, 11) is 1.96. The highest BCUT2D eigenvalue weighted by atomic mass is 32.2. The van der Waals surface area contributed by atoms with Crippen LogP contribution in [0.5, 0.6) is 0 Å². The second-order valence-electron chi connectivity index (χ2n) is 5.69. The first-order valence-corrected chi connectivity index (χ1v) is 8.56. The molecule has 2 unspecified atom stereocenters. The molecule has 1 N–H and O–H groups in total. The van der Waals surface area contributed by atoms with Crippen LogP contribution in [-0.4, -0.2) is 41.9 Å². The number of hydrogen-bond acceptors (Lipinski definition) is 3. The van der Waals surface area contributed by atoms with Crippen LogP contribution in [0.15, 0.2) is 24.3 Å². The van der Waals surface area contributed by atoms with E-state index in [2.05, 4.69) is 29.6 Å². The summed E-state index contributed by atoms with van der Waals surface area (Å²) in [5.74, 6) is 2.49. The monoisotopic (exact) mass is 290 g/mol. The predicted molar refractivity (Wildman–Crippen MR) is 84.0 cm³/mol. The van der Waals surface area contributed by atoms with Gasteiger partial charge in [-0.15, -0.1) is 0 Å². The lowest BCUT2D eigenvalue weighted by Crippen LogP contribution is -2.42. The Labute approximate surface area is 125 Å². The molecule has 1 fully saturated rings. The van der Waals surface area contributed by atoms with Gasteiger partial charge in [0.15, 0.2) is 0 Å². The highest BCUT2D eigenvalue weighted by Gasteiger charge is 2.29. The summed E-state index contributed by atoms with van der Waals surface area (Å²) in [5, 5.41) is 3.45. The van der Waals surface area contributed by atoms with Crippen LogP contribution in [0.25, 0.3) is 0 Å². The van der Waals surface area contributed by atoms with Gasteiger partial charge in [-0.2, -0.15) is 11.8 Å². The molecule has 0 spiro atoms. The Morgan fingerprint density at radius 2 is 2.30 bits per heavy atom. The maximum Gasteiger partial charge on any atom is 0.224 e. The summed E-state index contributed by atoms with van der Waals surface area (Å²) in [5.41, 5.74) is 2.75. The summed E-state index contributed by atoms with van der Waals surface area (Å²) >= 11 is 1.94. The van der Waals surface area contributed by atoms with Crippen LogP contribution in [0.3, 0.4) is 0 Å². The molecule has 0 bridgehead atoms. The number of nitrogens with one attached hydrogen (secondary N) is 1. The van der Waals surface area contributed by atoms with Gasteiger partial charge in [-0.1, -0.05) is 24.3 Å². The van der Waals surface area contributed by atoms with Crippen LogP contribution in [0.1, 0.15) is 30.0 Å². The molecule has 0 saturated carbocycles. The molecule has 3 rings (SSSR count). The van der Waals surface area contributed by atoms with Crippen LogP contribution in [0.4, 0.5) is 0 Å². The van der Waals surface area contributed by atoms with Gasteiger partial charge in [-0.25, -0.2) is 0 Å². The van der Waals surface area contributed by atoms with E-state index in [9.17, 15) is 4.79 Å². The van der Waals surface area contributed by atoms with E-state index >= 15 is 0 Å². The number of carbonyl (C=O) groups is 1. The zero-order chi connectivity index (χ0) is 13.9. The van der Waals surface area contributed by atoms with Gasteiger partial charge in [-0.3, -0.25) is 4.79 Å². The lowest BCUT2D eigenvalue weighted by atomic mass is 10.1. The largest absolute Gasteiger partial charge is 0.339 e. The van der Waals surface area contributed by atoms with E-state index in [4.69, 9.17) is 0 Å². The molecule has 2 atom stereocenters. The Morgan fingerprint density at radius 1 is 1.45 bits per heavy atom. The van der Waals surface area contributed by atoms with Crippen LogP contribution >= 0.6 is 11.8 Å². The van der Waals surface area contributed by atoms with Gasteiger partial charge in [0, 0.05) is 37.6 Å². The molecule has 2 aliphatic rings. The molecule has 1 aliphatic heterocycles. The van der Waals surface area contributed by atoms with E-state index in [0.717, 1.165) is 30.9 Å². The Morgan fingerprint density at radius 3 is 3.10 bits per heavy atom. The number of nitrogens with zero attached hydrogens (tertiary/aromatic N) is 1.